The first-order valence-corrected chi connectivity index (χ1v) is 6.54. The third kappa shape index (κ3) is 2.43. The number of aromatic amines is 1. The predicted molar refractivity (Wildman–Crippen MR) is 77.2 cm³/mol. The van der Waals surface area contributed by atoms with Gasteiger partial charge in [-0.3, -0.25) is 4.79 Å². The molecule has 3 aromatic rings. The quantitative estimate of drug-likeness (QED) is 0.744. The molecule has 0 fully saturated rings. The van der Waals surface area contributed by atoms with Crippen LogP contribution in [-0.4, -0.2) is 27.2 Å². The topological polar surface area (TPSA) is 76.5 Å². The van der Waals surface area contributed by atoms with E-state index >= 15 is 0 Å². The molecule has 2 heterocycles. The molecule has 1 N–H and O–H groups in total. The standard InChI is InChI=1S/C15H13N3O3/c1-2-21-15(20)12-9-14(19)18-13(16-12)8-11(17-18)10-6-4-3-5-7-10/h3-9,16H,2H2,1H3. The monoisotopic (exact) mass is 283 g/mol. The van der Waals surface area contributed by atoms with Crippen molar-refractivity contribution in [3.63, 3.8) is 0 Å². The number of fused-ring (bicyclic) bond motifs is 1. The summed E-state index contributed by atoms with van der Waals surface area (Å²) in [5.41, 5.74) is 1.74. The minimum atomic E-state index is -0.556. The Morgan fingerprint density at radius 2 is 2.05 bits per heavy atom. The van der Waals surface area contributed by atoms with E-state index < -0.39 is 5.97 Å². The molecule has 6 nitrogen and oxygen atoms in total. The van der Waals surface area contributed by atoms with Gasteiger partial charge in [0.05, 0.1) is 12.3 Å². The van der Waals surface area contributed by atoms with Crippen molar-refractivity contribution in [1.82, 2.24) is 14.6 Å². The molecule has 6 heteroatoms. The van der Waals surface area contributed by atoms with E-state index in [0.29, 0.717) is 11.3 Å². The number of H-pyrrole nitrogens is 1. The second kappa shape index (κ2) is 5.24. The van der Waals surface area contributed by atoms with Crippen LogP contribution in [0, 0.1) is 0 Å². The molecule has 0 aliphatic rings. The fourth-order valence-corrected chi connectivity index (χ4v) is 2.07. The Labute approximate surface area is 120 Å². The lowest BCUT2D eigenvalue weighted by molar-refractivity contribution is 0.0519. The van der Waals surface area contributed by atoms with Crippen molar-refractivity contribution in [3.05, 3.63) is 58.5 Å². The van der Waals surface area contributed by atoms with Gasteiger partial charge in [-0.15, -0.1) is 0 Å². The van der Waals surface area contributed by atoms with E-state index in [1.165, 1.54) is 10.6 Å². The van der Waals surface area contributed by atoms with Crippen LogP contribution >= 0.6 is 0 Å². The Bertz CT molecular complexity index is 849. The van der Waals surface area contributed by atoms with E-state index in [2.05, 4.69) is 10.1 Å². The number of esters is 1. The lowest BCUT2D eigenvalue weighted by Crippen LogP contribution is -2.18. The van der Waals surface area contributed by atoms with E-state index in [-0.39, 0.29) is 17.9 Å². The molecule has 0 atom stereocenters. The number of rotatable bonds is 3. The van der Waals surface area contributed by atoms with Crippen molar-refractivity contribution >= 4 is 11.6 Å². The molecule has 3 rings (SSSR count). The highest BCUT2D eigenvalue weighted by Gasteiger charge is 2.12. The van der Waals surface area contributed by atoms with Gasteiger partial charge in [-0.25, -0.2) is 4.79 Å². The van der Waals surface area contributed by atoms with Gasteiger partial charge in [-0.2, -0.15) is 9.61 Å². The zero-order chi connectivity index (χ0) is 14.8. The lowest BCUT2D eigenvalue weighted by atomic mass is 10.2. The fraction of sp³-hybridized carbons (Fsp3) is 0.133. The number of carbonyl (C=O) groups excluding carboxylic acids is 1. The summed E-state index contributed by atoms with van der Waals surface area (Å²) in [6.07, 6.45) is 0. The largest absolute Gasteiger partial charge is 0.461 e. The first-order valence-electron chi connectivity index (χ1n) is 6.54. The zero-order valence-corrected chi connectivity index (χ0v) is 11.4. The number of nitrogens with one attached hydrogen (secondary N) is 1. The van der Waals surface area contributed by atoms with Crippen LogP contribution in [0.5, 0.6) is 0 Å². The SMILES string of the molecule is CCOC(=O)c1cc(=O)n2nc(-c3ccccc3)cc2[nH]1. The Morgan fingerprint density at radius 3 is 2.76 bits per heavy atom. The van der Waals surface area contributed by atoms with E-state index in [1.54, 1.807) is 13.0 Å². The minimum absolute atomic E-state index is 0.119. The average Bonchev–Trinajstić information content (AvgIpc) is 2.93. The smallest absolute Gasteiger partial charge is 0.354 e. The van der Waals surface area contributed by atoms with Gasteiger partial charge in [0.1, 0.15) is 11.3 Å². The molecule has 0 spiro atoms. The van der Waals surface area contributed by atoms with Gasteiger partial charge < -0.3 is 9.72 Å². The fourth-order valence-electron chi connectivity index (χ4n) is 2.07. The Morgan fingerprint density at radius 1 is 1.29 bits per heavy atom. The molecule has 0 saturated carbocycles. The third-order valence-corrected chi connectivity index (χ3v) is 3.01. The van der Waals surface area contributed by atoms with Crippen molar-refractivity contribution in [2.45, 2.75) is 6.92 Å². The summed E-state index contributed by atoms with van der Waals surface area (Å²) < 4.78 is 6.11. The van der Waals surface area contributed by atoms with Crippen molar-refractivity contribution < 1.29 is 9.53 Å². The van der Waals surface area contributed by atoms with Crippen LogP contribution in [0.2, 0.25) is 0 Å². The maximum absolute atomic E-state index is 12.0. The van der Waals surface area contributed by atoms with Crippen molar-refractivity contribution in [3.8, 4) is 11.3 Å². The number of hydrogen-bond acceptors (Lipinski definition) is 4. The summed E-state index contributed by atoms with van der Waals surface area (Å²) in [5.74, 6) is -0.556. The lowest BCUT2D eigenvalue weighted by Gasteiger charge is -2.01. The molecule has 0 aliphatic heterocycles. The van der Waals surface area contributed by atoms with Gasteiger partial charge in [0.15, 0.2) is 0 Å². The summed E-state index contributed by atoms with van der Waals surface area (Å²) >= 11 is 0. The highest BCUT2D eigenvalue weighted by Crippen LogP contribution is 2.17. The number of carbonyl (C=O) groups is 1. The molecule has 0 unspecified atom stereocenters. The number of aromatic nitrogens is 3. The zero-order valence-electron chi connectivity index (χ0n) is 11.4. The molecule has 0 amide bonds. The van der Waals surface area contributed by atoms with Crippen molar-refractivity contribution in [2.75, 3.05) is 6.61 Å². The van der Waals surface area contributed by atoms with Gasteiger partial charge in [0.2, 0.25) is 0 Å². The molecule has 21 heavy (non-hydrogen) atoms. The van der Waals surface area contributed by atoms with Crippen LogP contribution in [0.15, 0.2) is 47.3 Å². The van der Waals surface area contributed by atoms with Crippen LogP contribution in [0.4, 0.5) is 0 Å². The molecule has 0 aliphatic carbocycles. The van der Waals surface area contributed by atoms with Crippen LogP contribution in [0.3, 0.4) is 0 Å². The number of nitrogens with zero attached hydrogens (tertiary/aromatic N) is 2. The van der Waals surface area contributed by atoms with E-state index in [1.807, 2.05) is 30.3 Å². The van der Waals surface area contributed by atoms with E-state index in [4.69, 9.17) is 4.74 Å². The molecular formula is C15H13N3O3. The van der Waals surface area contributed by atoms with Crippen LogP contribution in [0.1, 0.15) is 17.4 Å². The Kier molecular flexibility index (Phi) is 3.27. The highest BCUT2D eigenvalue weighted by molar-refractivity contribution is 5.87. The third-order valence-electron chi connectivity index (χ3n) is 3.01. The van der Waals surface area contributed by atoms with Gasteiger partial charge in [-0.1, -0.05) is 30.3 Å². The van der Waals surface area contributed by atoms with Crippen molar-refractivity contribution in [1.29, 1.82) is 0 Å². The van der Waals surface area contributed by atoms with Gasteiger partial charge >= 0.3 is 5.97 Å². The summed E-state index contributed by atoms with van der Waals surface area (Å²) in [5, 5.41) is 4.25. The second-order valence-corrected chi connectivity index (χ2v) is 4.43. The van der Waals surface area contributed by atoms with Gasteiger partial charge in [0, 0.05) is 17.7 Å². The highest BCUT2D eigenvalue weighted by atomic mass is 16.5. The number of hydrogen-bond donors (Lipinski definition) is 1. The van der Waals surface area contributed by atoms with Crippen LogP contribution in [0.25, 0.3) is 16.9 Å². The second-order valence-electron chi connectivity index (χ2n) is 4.43. The summed E-state index contributed by atoms with van der Waals surface area (Å²) in [7, 11) is 0. The summed E-state index contributed by atoms with van der Waals surface area (Å²) in [6, 6.07) is 12.4. The molecule has 106 valence electrons. The van der Waals surface area contributed by atoms with Gasteiger partial charge in [-0.05, 0) is 6.92 Å². The minimum Gasteiger partial charge on any atom is -0.461 e. The number of ether oxygens (including phenoxy) is 1. The van der Waals surface area contributed by atoms with E-state index in [0.717, 1.165) is 5.56 Å². The Balaban J connectivity index is 2.12. The summed E-state index contributed by atoms with van der Waals surface area (Å²) in [4.78, 5) is 26.6. The predicted octanol–water partition coefficient (Wildman–Crippen LogP) is 1.87. The molecule has 0 radical (unpaired) electrons. The summed E-state index contributed by atoms with van der Waals surface area (Å²) in [6.45, 7) is 1.96. The molecule has 0 saturated heterocycles. The molecular weight excluding hydrogens is 270 g/mol. The normalized spacial score (nSPS) is 10.7. The maximum atomic E-state index is 12.0. The average molecular weight is 283 g/mol. The van der Waals surface area contributed by atoms with Crippen LogP contribution in [-0.2, 0) is 4.74 Å². The first kappa shape index (κ1) is 13.1. The first-order chi connectivity index (χ1) is 10.2. The Hall–Kier alpha value is -2.89. The number of benzene rings is 1. The molecule has 0 bridgehead atoms. The maximum Gasteiger partial charge on any atom is 0.354 e. The molecule has 1 aromatic carbocycles. The van der Waals surface area contributed by atoms with Gasteiger partial charge in [0.25, 0.3) is 5.56 Å². The van der Waals surface area contributed by atoms with E-state index in [9.17, 15) is 9.59 Å². The van der Waals surface area contributed by atoms with Crippen LogP contribution < -0.4 is 5.56 Å². The molecule has 2 aromatic heterocycles. The van der Waals surface area contributed by atoms with Crippen molar-refractivity contribution in [2.24, 2.45) is 0 Å².